The predicted molar refractivity (Wildman–Crippen MR) is 130 cm³/mol. The number of allylic oxidation sites excluding steroid dienone is 1. The van der Waals surface area contributed by atoms with Crippen molar-refractivity contribution in [2.24, 2.45) is 23.7 Å². The third-order valence-corrected chi connectivity index (χ3v) is 5.90. The first kappa shape index (κ1) is 27.0. The molecule has 2 aromatic heterocycles. The van der Waals surface area contributed by atoms with Crippen molar-refractivity contribution in [1.82, 2.24) is 19.5 Å². The fourth-order valence-corrected chi connectivity index (χ4v) is 3.89. The first-order chi connectivity index (χ1) is 18.0. The molecule has 1 aliphatic rings. The number of aliphatic imine (C=N–C) groups is 1. The first-order valence-electron chi connectivity index (χ1n) is 11.6. The molecule has 4 rings (SSSR count). The van der Waals surface area contributed by atoms with Gasteiger partial charge in [0.2, 0.25) is 5.88 Å². The van der Waals surface area contributed by atoms with Crippen molar-refractivity contribution in [3.8, 4) is 17.3 Å². The van der Waals surface area contributed by atoms with Gasteiger partial charge in [0.1, 0.15) is 23.8 Å². The van der Waals surface area contributed by atoms with Gasteiger partial charge in [-0.15, -0.1) is 0 Å². The van der Waals surface area contributed by atoms with Gasteiger partial charge in [0.15, 0.2) is 17.4 Å². The number of nitrogens with two attached hydrogens (primary N) is 1. The molecule has 1 fully saturated rings. The number of alkyl halides is 3. The fraction of sp³-hybridized carbons (Fsp3) is 0.360. The van der Waals surface area contributed by atoms with Crippen molar-refractivity contribution in [3.63, 3.8) is 0 Å². The molecule has 0 aliphatic heterocycles. The maximum absolute atomic E-state index is 14.9. The van der Waals surface area contributed by atoms with Crippen LogP contribution in [0.4, 0.5) is 17.6 Å². The number of benzene rings is 1. The number of rotatable bonds is 9. The molecule has 3 aromatic rings. The number of hydrogen-bond donors (Lipinski definition) is 2. The maximum Gasteiger partial charge on any atom is 0.434 e. The number of aryl methyl sites for hydroxylation is 1. The van der Waals surface area contributed by atoms with Crippen LogP contribution in [-0.2, 0) is 31.2 Å². The van der Waals surface area contributed by atoms with Gasteiger partial charge in [0.25, 0.3) is 0 Å². The number of nitrogens with zero attached hydrogens (tertiary/aromatic N) is 5. The van der Waals surface area contributed by atoms with E-state index in [1.165, 1.54) is 32.4 Å². The van der Waals surface area contributed by atoms with Crippen molar-refractivity contribution in [2.45, 2.75) is 32.2 Å². The molecule has 2 heterocycles. The van der Waals surface area contributed by atoms with Gasteiger partial charge in [0.05, 0.1) is 30.7 Å². The van der Waals surface area contributed by atoms with Crippen LogP contribution in [-0.4, -0.2) is 44.5 Å². The quantitative estimate of drug-likeness (QED) is 0.243. The van der Waals surface area contributed by atoms with E-state index in [9.17, 15) is 22.7 Å². The summed E-state index contributed by atoms with van der Waals surface area (Å²) in [4.78, 5) is 16.6. The molecule has 0 unspecified atom stereocenters. The van der Waals surface area contributed by atoms with E-state index >= 15 is 0 Å². The van der Waals surface area contributed by atoms with Gasteiger partial charge in [-0.05, 0) is 30.5 Å². The third kappa shape index (κ3) is 5.77. The number of aromatic nitrogens is 4. The summed E-state index contributed by atoms with van der Waals surface area (Å²) in [5.74, 6) is -0.403. The molecule has 3 N–H and O–H groups in total. The summed E-state index contributed by atoms with van der Waals surface area (Å²) in [5.41, 5.74) is 6.64. The number of aliphatic hydroxyl groups is 1. The van der Waals surface area contributed by atoms with Crippen LogP contribution in [0.5, 0.6) is 5.88 Å². The fourth-order valence-electron chi connectivity index (χ4n) is 3.89. The van der Waals surface area contributed by atoms with Crippen LogP contribution in [0.15, 0.2) is 41.3 Å². The summed E-state index contributed by atoms with van der Waals surface area (Å²) < 4.78 is 66.0. The summed E-state index contributed by atoms with van der Waals surface area (Å²) in [6.07, 6.45) is -1.97. The lowest BCUT2D eigenvalue weighted by molar-refractivity contribution is -0.140. The van der Waals surface area contributed by atoms with Crippen molar-refractivity contribution in [2.75, 3.05) is 14.2 Å². The average molecular weight is 535 g/mol. The zero-order valence-electron chi connectivity index (χ0n) is 20.9. The third-order valence-electron chi connectivity index (χ3n) is 5.90. The minimum atomic E-state index is -4.64. The lowest BCUT2D eigenvalue weighted by atomic mass is 10.1. The molecule has 13 heteroatoms. The number of hydrogen-bond acceptors (Lipinski definition) is 8. The van der Waals surface area contributed by atoms with E-state index in [2.05, 4.69) is 19.9 Å². The Balaban J connectivity index is 1.59. The smallest absolute Gasteiger partial charge is 0.434 e. The minimum absolute atomic E-state index is 0.0687. The van der Waals surface area contributed by atoms with E-state index in [1.807, 2.05) is 0 Å². The van der Waals surface area contributed by atoms with Crippen LogP contribution >= 0.6 is 0 Å². The molecule has 202 valence electrons. The number of halogens is 4. The SMILES string of the molecule is CN=C(C(=C(N)OC)c1nc(CO)cc(OCc2ccc(-c3nc(C(F)(F)F)cn3C)c(F)c2)n1)C1CC1. The van der Waals surface area contributed by atoms with E-state index in [-0.39, 0.29) is 47.2 Å². The Hall–Kier alpha value is -4.00. The highest BCUT2D eigenvalue weighted by molar-refractivity contribution is 6.25. The molecule has 1 aliphatic carbocycles. The largest absolute Gasteiger partial charge is 0.482 e. The Labute approximate surface area is 215 Å². The average Bonchev–Trinajstić information content (AvgIpc) is 3.65. The van der Waals surface area contributed by atoms with Crippen LogP contribution in [0, 0.1) is 11.7 Å². The molecule has 0 amide bonds. The van der Waals surface area contributed by atoms with Crippen LogP contribution in [0.1, 0.15) is 35.6 Å². The Kier molecular flexibility index (Phi) is 7.67. The zero-order valence-corrected chi connectivity index (χ0v) is 20.9. The highest BCUT2D eigenvalue weighted by atomic mass is 19.4. The van der Waals surface area contributed by atoms with Gasteiger partial charge in [-0.3, -0.25) is 4.99 Å². The lowest BCUT2D eigenvalue weighted by Crippen LogP contribution is -2.17. The van der Waals surface area contributed by atoms with Gasteiger partial charge >= 0.3 is 6.18 Å². The molecule has 0 atom stereocenters. The van der Waals surface area contributed by atoms with E-state index in [4.69, 9.17) is 15.2 Å². The molecule has 9 nitrogen and oxygen atoms in total. The van der Waals surface area contributed by atoms with Crippen molar-refractivity contribution in [1.29, 1.82) is 0 Å². The second-order valence-corrected chi connectivity index (χ2v) is 8.67. The number of ether oxygens (including phenoxy) is 2. The van der Waals surface area contributed by atoms with E-state index < -0.39 is 24.3 Å². The normalized spacial score (nSPS) is 14.9. The second kappa shape index (κ2) is 10.8. The van der Waals surface area contributed by atoms with Crippen LogP contribution in [0.3, 0.4) is 0 Å². The van der Waals surface area contributed by atoms with Crippen LogP contribution < -0.4 is 10.5 Å². The van der Waals surface area contributed by atoms with Crippen LogP contribution in [0.2, 0.25) is 0 Å². The summed E-state index contributed by atoms with van der Waals surface area (Å²) in [6.45, 7) is -0.524. The molecule has 1 aromatic carbocycles. The van der Waals surface area contributed by atoms with Crippen molar-refractivity contribution in [3.05, 3.63) is 64.9 Å². The Bertz CT molecular complexity index is 1400. The summed E-state index contributed by atoms with van der Waals surface area (Å²) in [6, 6.07) is 5.43. The van der Waals surface area contributed by atoms with Crippen LogP contribution in [0.25, 0.3) is 17.0 Å². The number of imidazole rings is 1. The Morgan fingerprint density at radius 2 is 1.95 bits per heavy atom. The number of methoxy groups -OCH3 is 1. The summed E-state index contributed by atoms with van der Waals surface area (Å²) >= 11 is 0. The monoisotopic (exact) mass is 534 g/mol. The Morgan fingerprint density at radius 3 is 2.50 bits per heavy atom. The molecular weight excluding hydrogens is 508 g/mol. The number of aliphatic hydroxyl groups excluding tert-OH is 1. The highest BCUT2D eigenvalue weighted by Crippen LogP contribution is 2.37. The highest BCUT2D eigenvalue weighted by Gasteiger charge is 2.35. The molecule has 0 bridgehead atoms. The lowest BCUT2D eigenvalue weighted by Gasteiger charge is -2.14. The van der Waals surface area contributed by atoms with Crippen molar-refractivity contribution < 1.29 is 32.1 Å². The summed E-state index contributed by atoms with van der Waals surface area (Å²) in [7, 11) is 4.41. The molecular formula is C25H26F4N6O3. The molecule has 0 radical (unpaired) electrons. The standard InChI is InChI=1S/C25H26F4N6O3/c1-31-21(14-5-6-14)20(22(30)37-3)23-32-15(11-36)9-19(34-23)38-12-13-4-7-16(17(26)8-13)24-33-18(10-35(24)2)25(27,28)29/h4,7-10,14,36H,5-6,11-12,30H2,1-3H3. The topological polar surface area (TPSA) is 121 Å². The zero-order chi connectivity index (χ0) is 27.6. The Morgan fingerprint density at radius 1 is 1.21 bits per heavy atom. The first-order valence-corrected chi connectivity index (χ1v) is 11.6. The molecule has 1 saturated carbocycles. The van der Waals surface area contributed by atoms with E-state index in [1.54, 1.807) is 7.05 Å². The molecule has 0 spiro atoms. The van der Waals surface area contributed by atoms with E-state index in [0.29, 0.717) is 16.8 Å². The van der Waals surface area contributed by atoms with Gasteiger partial charge in [-0.25, -0.2) is 14.4 Å². The maximum atomic E-state index is 14.9. The van der Waals surface area contributed by atoms with Gasteiger partial charge in [-0.2, -0.15) is 18.2 Å². The van der Waals surface area contributed by atoms with Gasteiger partial charge < -0.3 is 24.9 Å². The molecule has 0 saturated heterocycles. The second-order valence-electron chi connectivity index (χ2n) is 8.67. The summed E-state index contributed by atoms with van der Waals surface area (Å²) in [5, 5.41) is 9.73. The van der Waals surface area contributed by atoms with Crippen molar-refractivity contribution >= 4 is 11.3 Å². The minimum Gasteiger partial charge on any atom is -0.482 e. The predicted octanol–water partition coefficient (Wildman–Crippen LogP) is 3.86. The van der Waals surface area contributed by atoms with Gasteiger partial charge in [0, 0.05) is 32.3 Å². The molecule has 38 heavy (non-hydrogen) atoms. The van der Waals surface area contributed by atoms with E-state index in [0.717, 1.165) is 29.7 Å². The van der Waals surface area contributed by atoms with Gasteiger partial charge in [-0.1, -0.05) is 6.07 Å².